The monoisotopic (exact) mass is 412 g/mol. The molecule has 0 amide bonds. The second-order valence-corrected chi connectivity index (χ2v) is 8.44. The van der Waals surface area contributed by atoms with E-state index in [1.165, 1.54) is 18.5 Å². The molecule has 4 N–H and O–H groups in total. The summed E-state index contributed by atoms with van der Waals surface area (Å²) in [6.45, 7) is 0.395. The van der Waals surface area contributed by atoms with Crippen molar-refractivity contribution in [1.82, 2.24) is 15.0 Å². The molecule has 0 bridgehead atoms. The molecule has 28 heavy (non-hydrogen) atoms. The van der Waals surface area contributed by atoms with Crippen LogP contribution in [0.1, 0.15) is 5.56 Å². The van der Waals surface area contributed by atoms with E-state index in [0.717, 1.165) is 21.5 Å². The minimum Gasteiger partial charge on any atom is -0.366 e. The highest BCUT2D eigenvalue weighted by Gasteiger charge is 2.08. The summed E-state index contributed by atoms with van der Waals surface area (Å²) >= 11 is 1.58. The Bertz CT molecular complexity index is 1240. The van der Waals surface area contributed by atoms with Gasteiger partial charge in [-0.2, -0.15) is 0 Å². The van der Waals surface area contributed by atoms with E-state index >= 15 is 0 Å². The molecule has 0 saturated carbocycles. The van der Waals surface area contributed by atoms with Crippen molar-refractivity contribution in [3.05, 3.63) is 65.9 Å². The van der Waals surface area contributed by atoms with E-state index < -0.39 is 10.0 Å². The molecular weight excluding hydrogens is 396 g/mol. The van der Waals surface area contributed by atoms with Gasteiger partial charge in [0.1, 0.15) is 18.0 Å². The van der Waals surface area contributed by atoms with Gasteiger partial charge in [0.15, 0.2) is 0 Å². The summed E-state index contributed by atoms with van der Waals surface area (Å²) in [6, 6.07) is 14.1. The maximum absolute atomic E-state index is 11.5. The van der Waals surface area contributed by atoms with Crippen LogP contribution >= 0.6 is 11.3 Å². The highest BCUT2D eigenvalue weighted by molar-refractivity contribution is 7.89. The number of fused-ring (bicyclic) bond motifs is 1. The van der Waals surface area contributed by atoms with Gasteiger partial charge in [-0.25, -0.2) is 28.5 Å². The van der Waals surface area contributed by atoms with Crippen LogP contribution in [-0.4, -0.2) is 23.4 Å². The van der Waals surface area contributed by atoms with Crippen molar-refractivity contribution in [2.45, 2.75) is 11.4 Å². The van der Waals surface area contributed by atoms with Gasteiger partial charge in [0.05, 0.1) is 20.6 Å². The van der Waals surface area contributed by atoms with Crippen molar-refractivity contribution in [3.8, 4) is 0 Å². The second kappa shape index (κ2) is 7.50. The third-order valence-corrected chi connectivity index (χ3v) is 5.67. The molecule has 142 valence electrons. The zero-order valence-corrected chi connectivity index (χ0v) is 16.2. The van der Waals surface area contributed by atoms with Crippen LogP contribution in [0, 0.1) is 0 Å². The van der Waals surface area contributed by atoms with Crippen LogP contribution in [0.2, 0.25) is 0 Å². The van der Waals surface area contributed by atoms with Crippen LogP contribution in [0.25, 0.3) is 10.2 Å². The number of nitrogens with two attached hydrogens (primary N) is 1. The fourth-order valence-corrected chi connectivity index (χ4v) is 3.93. The number of nitrogens with one attached hydrogen (secondary N) is 2. The predicted molar refractivity (Wildman–Crippen MR) is 110 cm³/mol. The van der Waals surface area contributed by atoms with Gasteiger partial charge in [-0.3, -0.25) is 0 Å². The van der Waals surface area contributed by atoms with Crippen LogP contribution in [0.3, 0.4) is 0 Å². The van der Waals surface area contributed by atoms with Crippen molar-refractivity contribution in [2.75, 3.05) is 10.6 Å². The summed E-state index contributed by atoms with van der Waals surface area (Å²) in [7, 11) is -3.73. The number of thiazole rings is 1. The number of hydrogen-bond donors (Lipinski definition) is 3. The minimum atomic E-state index is -3.73. The molecule has 10 heteroatoms. The number of benzene rings is 2. The zero-order valence-electron chi connectivity index (χ0n) is 14.5. The number of nitrogens with zero attached hydrogens (tertiary/aromatic N) is 3. The molecule has 0 radical (unpaired) electrons. The molecule has 0 fully saturated rings. The van der Waals surface area contributed by atoms with E-state index in [9.17, 15) is 8.42 Å². The van der Waals surface area contributed by atoms with Gasteiger partial charge >= 0.3 is 0 Å². The average molecular weight is 413 g/mol. The van der Waals surface area contributed by atoms with Crippen LogP contribution in [-0.2, 0) is 16.6 Å². The fourth-order valence-electron chi connectivity index (χ4n) is 2.63. The average Bonchev–Trinajstić information content (AvgIpc) is 3.14. The molecule has 2 aromatic heterocycles. The number of hydrogen-bond acceptors (Lipinski definition) is 8. The molecule has 0 aliphatic carbocycles. The van der Waals surface area contributed by atoms with Gasteiger partial charge in [0, 0.05) is 18.3 Å². The number of sulfonamides is 1. The van der Waals surface area contributed by atoms with Crippen LogP contribution in [0.4, 0.5) is 17.3 Å². The standard InChI is InChI=1S/C18H16N6O2S2/c19-28(25,26)14-3-1-2-12(6-14)9-20-17-8-18(22-10-21-17)24-13-4-5-15-16(7-13)27-11-23-15/h1-8,10-11H,9H2,(H2,19,25,26)(H2,20,21,22,24). The Hall–Kier alpha value is -3.08. The van der Waals surface area contributed by atoms with Crippen molar-refractivity contribution in [2.24, 2.45) is 5.14 Å². The van der Waals surface area contributed by atoms with E-state index in [-0.39, 0.29) is 4.90 Å². The zero-order chi connectivity index (χ0) is 19.6. The van der Waals surface area contributed by atoms with E-state index in [0.29, 0.717) is 18.2 Å². The quantitative estimate of drug-likeness (QED) is 0.445. The van der Waals surface area contributed by atoms with Gasteiger partial charge < -0.3 is 10.6 Å². The molecule has 2 aromatic carbocycles. The molecule has 4 aromatic rings. The first-order valence-corrected chi connectivity index (χ1v) is 10.7. The topological polar surface area (TPSA) is 123 Å². The Labute approximate surface area is 165 Å². The first-order chi connectivity index (χ1) is 13.5. The lowest BCUT2D eigenvalue weighted by Crippen LogP contribution is -2.12. The highest BCUT2D eigenvalue weighted by atomic mass is 32.2. The summed E-state index contributed by atoms with van der Waals surface area (Å²) in [4.78, 5) is 12.8. The first-order valence-electron chi connectivity index (χ1n) is 8.25. The summed E-state index contributed by atoms with van der Waals surface area (Å²) in [5.74, 6) is 1.25. The highest BCUT2D eigenvalue weighted by Crippen LogP contribution is 2.24. The molecule has 8 nitrogen and oxygen atoms in total. The van der Waals surface area contributed by atoms with Gasteiger partial charge in [-0.05, 0) is 35.9 Å². The van der Waals surface area contributed by atoms with E-state index in [1.807, 2.05) is 29.8 Å². The first kappa shape index (κ1) is 18.3. The van der Waals surface area contributed by atoms with Crippen LogP contribution < -0.4 is 15.8 Å². The SMILES string of the molecule is NS(=O)(=O)c1cccc(CNc2cc(Nc3ccc4ncsc4c3)ncn2)c1. The third-order valence-electron chi connectivity index (χ3n) is 3.97. The summed E-state index contributed by atoms with van der Waals surface area (Å²) < 4.78 is 24.0. The maximum atomic E-state index is 11.5. The molecule has 0 unspecified atom stereocenters. The Kier molecular flexibility index (Phi) is 4.90. The Morgan fingerprint density at radius 1 is 1.00 bits per heavy atom. The van der Waals surface area contributed by atoms with Gasteiger partial charge in [-0.1, -0.05) is 12.1 Å². The summed E-state index contributed by atoms with van der Waals surface area (Å²) in [6.07, 6.45) is 1.46. The number of aromatic nitrogens is 3. The lowest BCUT2D eigenvalue weighted by Gasteiger charge is -2.09. The van der Waals surface area contributed by atoms with Crippen molar-refractivity contribution >= 4 is 48.9 Å². The van der Waals surface area contributed by atoms with Gasteiger partial charge in [-0.15, -0.1) is 11.3 Å². The smallest absolute Gasteiger partial charge is 0.238 e. The second-order valence-electron chi connectivity index (χ2n) is 5.99. The lowest BCUT2D eigenvalue weighted by molar-refractivity contribution is 0.597. The van der Waals surface area contributed by atoms with Crippen LogP contribution in [0.5, 0.6) is 0 Å². The van der Waals surface area contributed by atoms with Crippen LogP contribution in [0.15, 0.2) is 65.3 Å². The summed E-state index contributed by atoms with van der Waals surface area (Å²) in [5.41, 5.74) is 4.45. The molecule has 4 rings (SSSR count). The van der Waals surface area contributed by atoms with Crippen molar-refractivity contribution in [3.63, 3.8) is 0 Å². The van der Waals surface area contributed by atoms with E-state index in [1.54, 1.807) is 23.5 Å². The lowest BCUT2D eigenvalue weighted by atomic mass is 10.2. The third kappa shape index (κ3) is 4.25. The molecular formula is C18H16N6O2S2. The Morgan fingerprint density at radius 2 is 1.86 bits per heavy atom. The van der Waals surface area contributed by atoms with Gasteiger partial charge in [0.2, 0.25) is 10.0 Å². The van der Waals surface area contributed by atoms with Gasteiger partial charge in [0.25, 0.3) is 0 Å². The molecule has 0 aliphatic rings. The molecule has 0 atom stereocenters. The number of primary sulfonamides is 1. The minimum absolute atomic E-state index is 0.0790. The Morgan fingerprint density at radius 3 is 2.71 bits per heavy atom. The maximum Gasteiger partial charge on any atom is 0.238 e. The van der Waals surface area contributed by atoms with Crippen molar-refractivity contribution in [1.29, 1.82) is 0 Å². The molecule has 0 saturated heterocycles. The van der Waals surface area contributed by atoms with Crippen molar-refractivity contribution < 1.29 is 8.42 Å². The molecule has 0 spiro atoms. The molecule has 0 aliphatic heterocycles. The Balaban J connectivity index is 1.46. The fraction of sp³-hybridized carbons (Fsp3) is 0.0556. The summed E-state index contributed by atoms with van der Waals surface area (Å²) in [5, 5.41) is 11.6. The number of rotatable bonds is 6. The number of anilines is 3. The predicted octanol–water partition coefficient (Wildman–Crippen LogP) is 3.09. The van der Waals surface area contributed by atoms with E-state index in [2.05, 4.69) is 25.6 Å². The van der Waals surface area contributed by atoms with E-state index in [4.69, 9.17) is 5.14 Å². The molecule has 2 heterocycles. The normalized spacial score (nSPS) is 11.5. The largest absolute Gasteiger partial charge is 0.366 e.